The highest BCUT2D eigenvalue weighted by atomic mass is 32.1. The molecule has 0 spiro atoms. The molecule has 0 fully saturated rings. The van der Waals surface area contributed by atoms with Crippen LogP contribution in [0.1, 0.15) is 5.56 Å². The molecule has 1 aromatic heterocycles. The maximum absolute atomic E-state index is 5.24. The first-order chi connectivity index (χ1) is 10.8. The first-order valence-corrected chi connectivity index (χ1v) is 7.10. The monoisotopic (exact) mass is 310 g/mol. The zero-order valence-corrected chi connectivity index (χ0v) is 12.7. The average Bonchev–Trinajstić information content (AvgIpc) is 2.95. The molecule has 0 bridgehead atoms. The Balaban J connectivity index is 1.97. The standard InChI is InChI=1S/C16H14N4OS/c1-21-14-9-7-13(8-10-14)15-18-19-16(22)20(15)17-11-12-5-3-2-4-6-12/h2-11H,1H3,(H,19,22)/b17-11+. The summed E-state index contributed by atoms with van der Waals surface area (Å²) in [6, 6.07) is 17.4. The fourth-order valence-corrected chi connectivity index (χ4v) is 2.17. The van der Waals surface area contributed by atoms with E-state index in [1.165, 1.54) is 0 Å². The van der Waals surface area contributed by atoms with Crippen LogP contribution in [0.5, 0.6) is 5.75 Å². The molecule has 0 aliphatic heterocycles. The molecule has 0 saturated heterocycles. The number of rotatable bonds is 4. The van der Waals surface area contributed by atoms with Crippen LogP contribution in [-0.4, -0.2) is 28.2 Å². The highest BCUT2D eigenvalue weighted by molar-refractivity contribution is 7.71. The van der Waals surface area contributed by atoms with Gasteiger partial charge in [0.2, 0.25) is 4.77 Å². The molecule has 0 aliphatic rings. The lowest BCUT2D eigenvalue weighted by molar-refractivity contribution is 0.415. The van der Waals surface area contributed by atoms with Gasteiger partial charge in [-0.15, -0.1) is 0 Å². The number of H-pyrrole nitrogens is 1. The molecule has 0 atom stereocenters. The molecule has 2 aromatic carbocycles. The molecular formula is C16H14N4OS. The topological polar surface area (TPSA) is 55.2 Å². The van der Waals surface area contributed by atoms with E-state index in [2.05, 4.69) is 15.3 Å². The molecule has 3 aromatic rings. The van der Waals surface area contributed by atoms with E-state index in [-0.39, 0.29) is 0 Å². The maximum Gasteiger partial charge on any atom is 0.216 e. The largest absolute Gasteiger partial charge is 0.497 e. The van der Waals surface area contributed by atoms with Crippen molar-refractivity contribution in [2.75, 3.05) is 7.11 Å². The van der Waals surface area contributed by atoms with E-state index in [1.807, 2.05) is 54.6 Å². The number of nitrogens with one attached hydrogen (secondary N) is 1. The normalized spacial score (nSPS) is 11.0. The van der Waals surface area contributed by atoms with Crippen LogP contribution >= 0.6 is 12.2 Å². The summed E-state index contributed by atoms with van der Waals surface area (Å²) in [5, 5.41) is 11.4. The molecule has 0 aliphatic carbocycles. The van der Waals surface area contributed by atoms with Gasteiger partial charge in [0.25, 0.3) is 0 Å². The van der Waals surface area contributed by atoms with Crippen molar-refractivity contribution in [1.29, 1.82) is 0 Å². The number of aromatic amines is 1. The second-order valence-electron chi connectivity index (χ2n) is 4.55. The molecule has 0 unspecified atom stereocenters. The number of hydrogen-bond acceptors (Lipinski definition) is 4. The van der Waals surface area contributed by atoms with Gasteiger partial charge in [-0.1, -0.05) is 30.3 Å². The summed E-state index contributed by atoms with van der Waals surface area (Å²) >= 11 is 5.24. The summed E-state index contributed by atoms with van der Waals surface area (Å²) < 4.78 is 7.20. The number of aromatic nitrogens is 3. The molecule has 0 amide bonds. The van der Waals surface area contributed by atoms with Crippen LogP contribution in [0, 0.1) is 4.77 Å². The third kappa shape index (κ3) is 2.96. The van der Waals surface area contributed by atoms with Crippen molar-refractivity contribution in [3.8, 4) is 17.1 Å². The molecule has 22 heavy (non-hydrogen) atoms. The number of ether oxygens (including phenoxy) is 1. The lowest BCUT2D eigenvalue weighted by atomic mass is 10.2. The Bertz CT molecular complexity index is 835. The van der Waals surface area contributed by atoms with Gasteiger partial charge in [0.1, 0.15) is 5.75 Å². The predicted molar refractivity (Wildman–Crippen MR) is 88.8 cm³/mol. The average molecular weight is 310 g/mol. The van der Waals surface area contributed by atoms with E-state index in [0.29, 0.717) is 10.6 Å². The summed E-state index contributed by atoms with van der Waals surface area (Å²) in [4.78, 5) is 0. The predicted octanol–water partition coefficient (Wildman–Crippen LogP) is 3.50. The molecule has 0 saturated carbocycles. The minimum atomic E-state index is 0.443. The van der Waals surface area contributed by atoms with Crippen LogP contribution in [0.2, 0.25) is 0 Å². The van der Waals surface area contributed by atoms with Gasteiger partial charge in [-0.3, -0.25) is 0 Å². The SMILES string of the molecule is COc1ccc(-c2n[nH]c(=S)n2/N=C/c2ccccc2)cc1. The molecule has 6 heteroatoms. The maximum atomic E-state index is 5.24. The molecule has 1 heterocycles. The van der Waals surface area contributed by atoms with Gasteiger partial charge >= 0.3 is 0 Å². The second kappa shape index (κ2) is 6.36. The Labute approximate surface area is 132 Å². The highest BCUT2D eigenvalue weighted by Crippen LogP contribution is 2.20. The fraction of sp³-hybridized carbons (Fsp3) is 0.0625. The lowest BCUT2D eigenvalue weighted by Crippen LogP contribution is -1.95. The van der Waals surface area contributed by atoms with Gasteiger partial charge in [0, 0.05) is 5.56 Å². The minimum Gasteiger partial charge on any atom is -0.497 e. The fourth-order valence-electron chi connectivity index (χ4n) is 1.99. The summed E-state index contributed by atoms with van der Waals surface area (Å²) in [6.45, 7) is 0. The lowest BCUT2D eigenvalue weighted by Gasteiger charge is -2.03. The third-order valence-electron chi connectivity index (χ3n) is 3.12. The first-order valence-electron chi connectivity index (χ1n) is 6.69. The number of nitrogens with zero attached hydrogens (tertiary/aromatic N) is 3. The van der Waals surface area contributed by atoms with Gasteiger partial charge in [-0.25, -0.2) is 5.10 Å². The molecule has 110 valence electrons. The number of hydrogen-bond donors (Lipinski definition) is 1. The van der Waals surface area contributed by atoms with E-state index in [1.54, 1.807) is 18.0 Å². The Hall–Kier alpha value is -2.73. The van der Waals surface area contributed by atoms with E-state index in [9.17, 15) is 0 Å². The van der Waals surface area contributed by atoms with Crippen molar-refractivity contribution < 1.29 is 4.74 Å². The van der Waals surface area contributed by atoms with Gasteiger partial charge in [0.05, 0.1) is 13.3 Å². The van der Waals surface area contributed by atoms with Crippen molar-refractivity contribution in [1.82, 2.24) is 14.9 Å². The van der Waals surface area contributed by atoms with Crippen molar-refractivity contribution in [3.05, 3.63) is 64.9 Å². The Kier molecular flexibility index (Phi) is 4.11. The quantitative estimate of drug-likeness (QED) is 0.593. The van der Waals surface area contributed by atoms with Crippen molar-refractivity contribution in [2.45, 2.75) is 0 Å². The smallest absolute Gasteiger partial charge is 0.216 e. The van der Waals surface area contributed by atoms with E-state index >= 15 is 0 Å². The molecule has 3 rings (SSSR count). The van der Waals surface area contributed by atoms with Crippen molar-refractivity contribution >= 4 is 18.4 Å². The summed E-state index contributed by atoms with van der Waals surface area (Å²) in [5.41, 5.74) is 1.89. The third-order valence-corrected chi connectivity index (χ3v) is 3.38. The van der Waals surface area contributed by atoms with Crippen LogP contribution in [0.3, 0.4) is 0 Å². The molecule has 1 N–H and O–H groups in total. The second-order valence-corrected chi connectivity index (χ2v) is 4.93. The summed E-state index contributed by atoms with van der Waals surface area (Å²) in [5.74, 6) is 1.44. The van der Waals surface area contributed by atoms with Crippen LogP contribution in [0.4, 0.5) is 0 Å². The van der Waals surface area contributed by atoms with Gasteiger partial charge in [-0.05, 0) is 42.0 Å². The Morgan fingerprint density at radius 3 is 2.55 bits per heavy atom. The minimum absolute atomic E-state index is 0.443. The summed E-state index contributed by atoms with van der Waals surface area (Å²) in [6.07, 6.45) is 1.75. The Morgan fingerprint density at radius 1 is 1.14 bits per heavy atom. The zero-order chi connectivity index (χ0) is 15.4. The van der Waals surface area contributed by atoms with Gasteiger partial charge in [0.15, 0.2) is 5.82 Å². The van der Waals surface area contributed by atoms with Crippen LogP contribution < -0.4 is 4.74 Å². The molecular weight excluding hydrogens is 296 g/mol. The summed E-state index contributed by atoms with van der Waals surface area (Å²) in [7, 11) is 1.63. The number of methoxy groups -OCH3 is 1. The highest BCUT2D eigenvalue weighted by Gasteiger charge is 2.08. The first kappa shape index (κ1) is 14.2. The van der Waals surface area contributed by atoms with E-state index < -0.39 is 0 Å². The van der Waals surface area contributed by atoms with E-state index in [0.717, 1.165) is 16.9 Å². The van der Waals surface area contributed by atoms with Crippen LogP contribution in [0.25, 0.3) is 11.4 Å². The Morgan fingerprint density at radius 2 is 1.86 bits per heavy atom. The zero-order valence-electron chi connectivity index (χ0n) is 11.9. The van der Waals surface area contributed by atoms with Crippen LogP contribution in [0.15, 0.2) is 59.7 Å². The molecule has 0 radical (unpaired) electrons. The molecule has 5 nitrogen and oxygen atoms in total. The van der Waals surface area contributed by atoms with Gasteiger partial charge < -0.3 is 4.74 Å². The van der Waals surface area contributed by atoms with Crippen molar-refractivity contribution in [3.63, 3.8) is 0 Å². The number of benzene rings is 2. The van der Waals surface area contributed by atoms with E-state index in [4.69, 9.17) is 17.0 Å². The van der Waals surface area contributed by atoms with Crippen molar-refractivity contribution in [2.24, 2.45) is 5.10 Å². The van der Waals surface area contributed by atoms with Crippen LogP contribution in [-0.2, 0) is 0 Å². The van der Waals surface area contributed by atoms with Gasteiger partial charge in [-0.2, -0.15) is 14.9 Å².